The van der Waals surface area contributed by atoms with E-state index in [2.05, 4.69) is 48.4 Å². The molecule has 0 aliphatic carbocycles. The minimum absolute atomic E-state index is 0.359. The third-order valence-electron chi connectivity index (χ3n) is 4.29. The standard InChI is InChI=1S/C15H28N4S/c1-4-14-5-6-15(20-14)10-12(17-16)9-13-11-18(2)7-8-19(13)3/h5-6,12-13,17H,4,7-11,16H2,1-3H3. The molecule has 0 amide bonds. The highest BCUT2D eigenvalue weighted by Gasteiger charge is 2.25. The molecular formula is C15H28N4S. The summed E-state index contributed by atoms with van der Waals surface area (Å²) in [5.74, 6) is 5.78. The van der Waals surface area contributed by atoms with Crippen LogP contribution in [0, 0.1) is 0 Å². The number of rotatable bonds is 6. The van der Waals surface area contributed by atoms with Crippen molar-refractivity contribution in [3.05, 3.63) is 21.9 Å². The molecule has 0 aromatic carbocycles. The van der Waals surface area contributed by atoms with Crippen LogP contribution in [0.2, 0.25) is 0 Å². The molecular weight excluding hydrogens is 268 g/mol. The van der Waals surface area contributed by atoms with Gasteiger partial charge in [0.2, 0.25) is 0 Å². The number of piperazine rings is 1. The van der Waals surface area contributed by atoms with Gasteiger partial charge in [-0.25, -0.2) is 0 Å². The van der Waals surface area contributed by atoms with Gasteiger partial charge in [0.15, 0.2) is 0 Å². The van der Waals surface area contributed by atoms with Crippen molar-refractivity contribution in [2.24, 2.45) is 5.84 Å². The highest BCUT2D eigenvalue weighted by Crippen LogP contribution is 2.20. The van der Waals surface area contributed by atoms with Gasteiger partial charge in [0.1, 0.15) is 0 Å². The van der Waals surface area contributed by atoms with Gasteiger partial charge >= 0.3 is 0 Å². The van der Waals surface area contributed by atoms with Gasteiger partial charge in [0.25, 0.3) is 0 Å². The Morgan fingerprint density at radius 3 is 2.75 bits per heavy atom. The Morgan fingerprint density at radius 2 is 2.10 bits per heavy atom. The fourth-order valence-corrected chi connectivity index (χ4v) is 3.90. The predicted molar refractivity (Wildman–Crippen MR) is 87.0 cm³/mol. The second-order valence-electron chi connectivity index (χ2n) is 5.92. The summed E-state index contributed by atoms with van der Waals surface area (Å²) in [4.78, 5) is 7.79. The lowest BCUT2D eigenvalue weighted by molar-refractivity contribution is 0.101. The second-order valence-corrected chi connectivity index (χ2v) is 7.17. The number of hydrazine groups is 1. The zero-order chi connectivity index (χ0) is 14.5. The van der Waals surface area contributed by atoms with E-state index in [9.17, 15) is 0 Å². The molecule has 20 heavy (non-hydrogen) atoms. The van der Waals surface area contributed by atoms with Crippen molar-refractivity contribution in [2.75, 3.05) is 33.7 Å². The highest BCUT2D eigenvalue weighted by atomic mass is 32.1. The van der Waals surface area contributed by atoms with Gasteiger partial charge in [-0.2, -0.15) is 0 Å². The number of thiophene rings is 1. The van der Waals surface area contributed by atoms with Crippen LogP contribution in [0.4, 0.5) is 0 Å². The van der Waals surface area contributed by atoms with Crippen LogP contribution in [0.15, 0.2) is 12.1 Å². The first-order valence-corrected chi connectivity index (χ1v) is 8.36. The monoisotopic (exact) mass is 296 g/mol. The predicted octanol–water partition coefficient (Wildman–Crippen LogP) is 1.32. The number of hydrogen-bond acceptors (Lipinski definition) is 5. The number of nitrogens with two attached hydrogens (primary N) is 1. The Kier molecular flexibility index (Phi) is 5.99. The fourth-order valence-electron chi connectivity index (χ4n) is 2.86. The SMILES string of the molecule is CCc1ccc(CC(CC2CN(C)CCN2C)NN)s1. The molecule has 1 aromatic heterocycles. The number of nitrogens with one attached hydrogen (secondary N) is 1. The molecule has 0 spiro atoms. The maximum Gasteiger partial charge on any atom is 0.0274 e. The summed E-state index contributed by atoms with van der Waals surface area (Å²) in [5.41, 5.74) is 3.02. The third kappa shape index (κ3) is 4.27. The molecule has 0 radical (unpaired) electrons. The van der Waals surface area contributed by atoms with E-state index in [1.165, 1.54) is 16.3 Å². The Hall–Kier alpha value is -0.460. The number of nitrogens with zero attached hydrogens (tertiary/aromatic N) is 2. The van der Waals surface area contributed by atoms with Crippen molar-refractivity contribution in [1.29, 1.82) is 0 Å². The number of hydrogen-bond donors (Lipinski definition) is 2. The summed E-state index contributed by atoms with van der Waals surface area (Å²) in [6.07, 6.45) is 3.27. The molecule has 5 heteroatoms. The molecule has 1 aromatic rings. The normalized spacial score (nSPS) is 23.1. The van der Waals surface area contributed by atoms with Crippen LogP contribution in [0.3, 0.4) is 0 Å². The van der Waals surface area contributed by atoms with E-state index in [4.69, 9.17) is 5.84 Å². The molecule has 1 aliphatic heterocycles. The van der Waals surface area contributed by atoms with Gasteiger partial charge in [-0.05, 0) is 45.5 Å². The van der Waals surface area contributed by atoms with Crippen LogP contribution < -0.4 is 11.3 Å². The Morgan fingerprint density at radius 1 is 1.35 bits per heavy atom. The number of likely N-dealkylation sites (N-methyl/N-ethyl adjacent to an activating group) is 2. The van der Waals surface area contributed by atoms with Crippen molar-refractivity contribution in [3.8, 4) is 0 Å². The minimum Gasteiger partial charge on any atom is -0.304 e. The van der Waals surface area contributed by atoms with Crippen LogP contribution in [0.25, 0.3) is 0 Å². The molecule has 0 saturated carbocycles. The zero-order valence-corrected chi connectivity index (χ0v) is 13.7. The fraction of sp³-hybridized carbons (Fsp3) is 0.733. The van der Waals surface area contributed by atoms with Gasteiger partial charge in [-0.1, -0.05) is 6.92 Å². The van der Waals surface area contributed by atoms with Gasteiger partial charge in [-0.15, -0.1) is 11.3 Å². The van der Waals surface area contributed by atoms with E-state index in [0.717, 1.165) is 32.4 Å². The van der Waals surface area contributed by atoms with E-state index >= 15 is 0 Å². The van der Waals surface area contributed by atoms with Gasteiger partial charge in [0.05, 0.1) is 0 Å². The summed E-state index contributed by atoms with van der Waals surface area (Å²) < 4.78 is 0. The summed E-state index contributed by atoms with van der Waals surface area (Å²) in [6.45, 7) is 5.66. The molecule has 3 N–H and O–H groups in total. The molecule has 2 atom stereocenters. The van der Waals surface area contributed by atoms with Gasteiger partial charge in [-0.3, -0.25) is 11.3 Å². The molecule has 1 fully saturated rings. The molecule has 1 saturated heterocycles. The third-order valence-corrected chi connectivity index (χ3v) is 5.54. The Bertz CT molecular complexity index is 406. The van der Waals surface area contributed by atoms with E-state index in [1.54, 1.807) is 0 Å². The smallest absolute Gasteiger partial charge is 0.0274 e. The first-order valence-electron chi connectivity index (χ1n) is 7.54. The summed E-state index contributed by atoms with van der Waals surface area (Å²) >= 11 is 1.92. The Balaban J connectivity index is 1.90. The number of aryl methyl sites for hydroxylation is 1. The van der Waals surface area contributed by atoms with E-state index < -0.39 is 0 Å². The second kappa shape index (κ2) is 7.52. The Labute approximate surface area is 126 Å². The summed E-state index contributed by atoms with van der Waals surface area (Å²) in [5, 5.41) is 0. The molecule has 4 nitrogen and oxygen atoms in total. The average Bonchev–Trinajstić information content (AvgIpc) is 2.89. The molecule has 114 valence electrons. The largest absolute Gasteiger partial charge is 0.304 e. The van der Waals surface area contributed by atoms with Crippen molar-refractivity contribution < 1.29 is 0 Å². The molecule has 0 bridgehead atoms. The topological polar surface area (TPSA) is 44.5 Å². The van der Waals surface area contributed by atoms with Crippen molar-refractivity contribution >= 4 is 11.3 Å². The minimum atomic E-state index is 0.359. The lowest BCUT2D eigenvalue weighted by Crippen LogP contribution is -2.53. The summed E-state index contributed by atoms with van der Waals surface area (Å²) in [7, 11) is 4.43. The van der Waals surface area contributed by atoms with Crippen molar-refractivity contribution in [1.82, 2.24) is 15.2 Å². The van der Waals surface area contributed by atoms with Crippen molar-refractivity contribution in [2.45, 2.75) is 38.3 Å². The van der Waals surface area contributed by atoms with Crippen LogP contribution in [0.5, 0.6) is 0 Å². The lowest BCUT2D eigenvalue weighted by Gasteiger charge is -2.39. The quantitative estimate of drug-likeness (QED) is 0.614. The maximum absolute atomic E-state index is 5.78. The summed E-state index contributed by atoms with van der Waals surface area (Å²) in [6, 6.07) is 5.45. The maximum atomic E-state index is 5.78. The van der Waals surface area contributed by atoms with Crippen molar-refractivity contribution in [3.63, 3.8) is 0 Å². The molecule has 2 heterocycles. The average molecular weight is 296 g/mol. The first-order chi connectivity index (χ1) is 9.62. The van der Waals surface area contributed by atoms with Crippen LogP contribution in [-0.2, 0) is 12.8 Å². The lowest BCUT2D eigenvalue weighted by atomic mass is 10.0. The van der Waals surface area contributed by atoms with Crippen LogP contribution >= 0.6 is 11.3 Å². The zero-order valence-electron chi connectivity index (χ0n) is 12.9. The molecule has 1 aliphatic rings. The van der Waals surface area contributed by atoms with Crippen LogP contribution in [0.1, 0.15) is 23.1 Å². The van der Waals surface area contributed by atoms with E-state index in [-0.39, 0.29) is 0 Å². The molecule has 2 rings (SSSR count). The molecule has 2 unspecified atom stereocenters. The van der Waals surface area contributed by atoms with E-state index in [1.807, 2.05) is 11.3 Å². The van der Waals surface area contributed by atoms with Gasteiger partial charge in [0, 0.05) is 41.5 Å². The van der Waals surface area contributed by atoms with E-state index in [0.29, 0.717) is 12.1 Å². The van der Waals surface area contributed by atoms with Crippen LogP contribution in [-0.4, -0.2) is 55.6 Å². The van der Waals surface area contributed by atoms with Gasteiger partial charge < -0.3 is 9.80 Å². The highest BCUT2D eigenvalue weighted by molar-refractivity contribution is 7.11. The first kappa shape index (κ1) is 15.9.